The minimum atomic E-state index is -0.872. The van der Waals surface area contributed by atoms with Crippen molar-refractivity contribution in [1.82, 2.24) is 14.8 Å². The molecular weight excluding hydrogens is 314 g/mol. The van der Waals surface area contributed by atoms with Gasteiger partial charge in [-0.3, -0.25) is 4.79 Å². The van der Waals surface area contributed by atoms with E-state index in [1.807, 2.05) is 4.90 Å². The number of hydrogen-bond acceptors (Lipinski definition) is 4. The molecule has 2 fully saturated rings. The van der Waals surface area contributed by atoms with E-state index in [0.717, 1.165) is 17.8 Å². The Balaban J connectivity index is 1.63. The van der Waals surface area contributed by atoms with E-state index in [2.05, 4.69) is 4.98 Å². The van der Waals surface area contributed by atoms with E-state index in [0.29, 0.717) is 36.9 Å². The number of carbonyl (C=O) groups is 2. The van der Waals surface area contributed by atoms with Crippen LogP contribution < -0.4 is 0 Å². The Hall–Kier alpha value is -1.34. The Labute approximate surface area is 131 Å². The molecule has 0 aromatic carbocycles. The molecule has 21 heavy (non-hydrogen) atoms. The van der Waals surface area contributed by atoms with Crippen LogP contribution in [0.25, 0.3) is 0 Å². The summed E-state index contributed by atoms with van der Waals surface area (Å²) in [6.45, 7) is 2.22. The Morgan fingerprint density at radius 2 is 2.19 bits per heavy atom. The van der Waals surface area contributed by atoms with Crippen LogP contribution in [0.5, 0.6) is 0 Å². The van der Waals surface area contributed by atoms with Gasteiger partial charge in [0.2, 0.25) is 5.91 Å². The van der Waals surface area contributed by atoms with E-state index < -0.39 is 6.09 Å². The van der Waals surface area contributed by atoms with E-state index in [-0.39, 0.29) is 11.3 Å². The summed E-state index contributed by atoms with van der Waals surface area (Å²) in [4.78, 5) is 30.6. The first-order chi connectivity index (χ1) is 9.97. The fourth-order valence-corrected chi connectivity index (χ4v) is 4.13. The van der Waals surface area contributed by atoms with Crippen molar-refractivity contribution in [3.63, 3.8) is 0 Å². The van der Waals surface area contributed by atoms with Crippen LogP contribution >= 0.6 is 22.9 Å². The highest BCUT2D eigenvalue weighted by Gasteiger charge is 2.45. The molecule has 0 aliphatic carbocycles. The normalized spacial score (nSPS) is 21.3. The number of aromatic nitrogens is 1. The maximum atomic E-state index is 12.2. The summed E-state index contributed by atoms with van der Waals surface area (Å²) in [5.41, 5.74) is -0.0654. The zero-order chi connectivity index (χ0) is 15.0. The van der Waals surface area contributed by atoms with Gasteiger partial charge in [-0.25, -0.2) is 9.78 Å². The quantitative estimate of drug-likeness (QED) is 0.903. The lowest BCUT2D eigenvalue weighted by Crippen LogP contribution is -2.43. The Morgan fingerprint density at radius 3 is 2.76 bits per heavy atom. The van der Waals surface area contributed by atoms with Crippen LogP contribution in [-0.2, 0) is 11.3 Å². The van der Waals surface area contributed by atoms with Crippen LogP contribution in [0.3, 0.4) is 0 Å². The average Bonchev–Trinajstić information content (AvgIpc) is 2.95. The van der Waals surface area contributed by atoms with Crippen LogP contribution in [0.15, 0.2) is 6.20 Å². The minimum absolute atomic E-state index is 0.0654. The third-order valence-electron chi connectivity index (χ3n) is 4.35. The number of carboxylic acid groups (broad SMARTS) is 1. The molecule has 3 heterocycles. The number of hydrogen-bond donors (Lipinski definition) is 1. The second-order valence-corrected chi connectivity index (χ2v) is 7.50. The fraction of sp³-hybridized carbons (Fsp3) is 0.615. The number of halogens is 1. The van der Waals surface area contributed by atoms with E-state index in [1.165, 1.54) is 16.2 Å². The molecule has 0 unspecified atom stereocenters. The van der Waals surface area contributed by atoms with Crippen molar-refractivity contribution in [3.8, 4) is 0 Å². The van der Waals surface area contributed by atoms with Crippen LogP contribution in [0.2, 0.25) is 4.34 Å². The molecule has 1 N–H and O–H groups in total. The number of thiazole rings is 1. The smallest absolute Gasteiger partial charge is 0.407 e. The molecular formula is C13H16ClN3O3S. The van der Waals surface area contributed by atoms with Gasteiger partial charge in [-0.05, 0) is 12.8 Å². The van der Waals surface area contributed by atoms with Crippen molar-refractivity contribution in [2.75, 3.05) is 19.6 Å². The fourth-order valence-electron chi connectivity index (χ4n) is 3.16. The van der Waals surface area contributed by atoms with Gasteiger partial charge in [-0.15, -0.1) is 11.3 Å². The highest BCUT2D eigenvalue weighted by Crippen LogP contribution is 2.41. The Morgan fingerprint density at radius 1 is 1.48 bits per heavy atom. The maximum absolute atomic E-state index is 12.2. The monoisotopic (exact) mass is 329 g/mol. The molecule has 3 rings (SSSR count). The molecule has 0 bridgehead atoms. The Kier molecular flexibility index (Phi) is 3.79. The summed E-state index contributed by atoms with van der Waals surface area (Å²) in [6.07, 6.45) is 2.74. The van der Waals surface area contributed by atoms with E-state index in [9.17, 15) is 9.59 Å². The van der Waals surface area contributed by atoms with Crippen LogP contribution in [0, 0.1) is 5.41 Å². The first-order valence-electron chi connectivity index (χ1n) is 6.83. The van der Waals surface area contributed by atoms with E-state index >= 15 is 0 Å². The van der Waals surface area contributed by atoms with Gasteiger partial charge in [0.25, 0.3) is 0 Å². The zero-order valence-electron chi connectivity index (χ0n) is 11.4. The van der Waals surface area contributed by atoms with Gasteiger partial charge in [-0.2, -0.15) is 0 Å². The number of nitrogens with zero attached hydrogens (tertiary/aromatic N) is 3. The summed E-state index contributed by atoms with van der Waals surface area (Å²) in [6, 6.07) is 0. The summed E-state index contributed by atoms with van der Waals surface area (Å²) in [5, 5.41) is 9.84. The molecule has 1 aromatic rings. The standard InChI is InChI=1S/C13H16ClN3O3S/c14-9-6-15-10(21-9)7-17-8-13(5-11(17)18)1-3-16(4-2-13)12(19)20/h6H,1-5,7-8H2,(H,19,20). The Bertz CT molecular complexity index is 569. The molecule has 2 saturated heterocycles. The van der Waals surface area contributed by atoms with Gasteiger partial charge in [0.1, 0.15) is 9.34 Å². The number of amides is 2. The largest absolute Gasteiger partial charge is 0.465 e. The molecule has 0 atom stereocenters. The molecule has 0 saturated carbocycles. The number of rotatable bonds is 2. The lowest BCUT2D eigenvalue weighted by Gasteiger charge is -2.37. The summed E-state index contributed by atoms with van der Waals surface area (Å²) < 4.78 is 0.626. The van der Waals surface area contributed by atoms with Crippen molar-refractivity contribution in [3.05, 3.63) is 15.5 Å². The van der Waals surface area contributed by atoms with Crippen molar-refractivity contribution in [2.24, 2.45) is 5.41 Å². The first-order valence-corrected chi connectivity index (χ1v) is 8.03. The third-order valence-corrected chi connectivity index (χ3v) is 5.45. The third kappa shape index (κ3) is 2.98. The molecule has 2 aliphatic heterocycles. The number of piperidine rings is 1. The highest BCUT2D eigenvalue weighted by atomic mass is 35.5. The lowest BCUT2D eigenvalue weighted by molar-refractivity contribution is -0.128. The van der Waals surface area contributed by atoms with E-state index in [1.54, 1.807) is 6.20 Å². The van der Waals surface area contributed by atoms with Crippen molar-refractivity contribution in [2.45, 2.75) is 25.8 Å². The molecule has 0 radical (unpaired) electrons. The van der Waals surface area contributed by atoms with Crippen LogP contribution in [-0.4, -0.2) is 51.5 Å². The first kappa shape index (κ1) is 14.6. The van der Waals surface area contributed by atoms with Gasteiger partial charge in [-0.1, -0.05) is 11.6 Å². The van der Waals surface area contributed by atoms with Crippen LogP contribution in [0.1, 0.15) is 24.3 Å². The van der Waals surface area contributed by atoms with E-state index in [4.69, 9.17) is 16.7 Å². The molecule has 6 nitrogen and oxygen atoms in total. The zero-order valence-corrected chi connectivity index (χ0v) is 13.0. The van der Waals surface area contributed by atoms with Crippen molar-refractivity contribution < 1.29 is 14.7 Å². The number of likely N-dealkylation sites (tertiary alicyclic amines) is 2. The molecule has 1 aromatic heterocycles. The second-order valence-electron chi connectivity index (χ2n) is 5.75. The highest BCUT2D eigenvalue weighted by molar-refractivity contribution is 7.15. The molecule has 1 spiro atoms. The predicted octanol–water partition coefficient (Wildman–Crippen LogP) is 2.29. The van der Waals surface area contributed by atoms with Gasteiger partial charge in [0.05, 0.1) is 12.7 Å². The van der Waals surface area contributed by atoms with Crippen molar-refractivity contribution >= 4 is 34.9 Å². The topological polar surface area (TPSA) is 73.7 Å². The molecule has 2 aliphatic rings. The summed E-state index contributed by atoms with van der Waals surface area (Å²) in [5.74, 6) is 0.130. The average molecular weight is 330 g/mol. The molecule has 114 valence electrons. The van der Waals surface area contributed by atoms with Gasteiger partial charge in [0.15, 0.2) is 0 Å². The van der Waals surface area contributed by atoms with Gasteiger partial charge in [0, 0.05) is 31.5 Å². The molecule has 2 amide bonds. The van der Waals surface area contributed by atoms with Gasteiger partial charge < -0.3 is 14.9 Å². The summed E-state index contributed by atoms with van der Waals surface area (Å²) in [7, 11) is 0. The van der Waals surface area contributed by atoms with Crippen LogP contribution in [0.4, 0.5) is 4.79 Å². The number of carbonyl (C=O) groups excluding carboxylic acids is 1. The SMILES string of the molecule is O=C(O)N1CCC2(CC1)CC(=O)N(Cc1ncc(Cl)s1)C2. The second kappa shape index (κ2) is 5.46. The predicted molar refractivity (Wildman–Crippen MR) is 78.4 cm³/mol. The summed E-state index contributed by atoms with van der Waals surface area (Å²) >= 11 is 7.25. The maximum Gasteiger partial charge on any atom is 0.407 e. The minimum Gasteiger partial charge on any atom is -0.465 e. The van der Waals surface area contributed by atoms with Crippen molar-refractivity contribution in [1.29, 1.82) is 0 Å². The van der Waals surface area contributed by atoms with Gasteiger partial charge >= 0.3 is 6.09 Å². The molecule has 8 heteroatoms. The lowest BCUT2D eigenvalue weighted by atomic mass is 9.78.